The van der Waals surface area contributed by atoms with Crippen LogP contribution < -0.4 is 20.1 Å². The topological polar surface area (TPSA) is 126 Å². The second-order valence-electron chi connectivity index (χ2n) is 8.47. The lowest BCUT2D eigenvalue weighted by molar-refractivity contribution is 0.0904. The Balaban J connectivity index is 1.32. The van der Waals surface area contributed by atoms with Crippen molar-refractivity contribution < 1.29 is 24.2 Å². The number of methoxy groups -OCH3 is 2. The summed E-state index contributed by atoms with van der Waals surface area (Å²) >= 11 is 0. The molecule has 0 radical (unpaired) electrons. The third-order valence-electron chi connectivity index (χ3n) is 6.07. The van der Waals surface area contributed by atoms with Gasteiger partial charge in [-0.15, -0.1) is 0 Å². The number of nitrogens with one attached hydrogen (secondary N) is 2. The number of piperidine rings is 1. The monoisotopic (exact) mass is 491 g/mol. The average molecular weight is 492 g/mol. The third-order valence-corrected chi connectivity index (χ3v) is 6.07. The number of aromatic hydroxyl groups is 1. The van der Waals surface area contributed by atoms with Gasteiger partial charge in [-0.05, 0) is 54.8 Å². The number of phenolic OH excluding ortho intramolecular Hbond substituents is 1. The molecule has 1 fully saturated rings. The maximum absolute atomic E-state index is 13.0. The Morgan fingerprint density at radius 1 is 1.00 bits per heavy atom. The molecule has 3 aromatic rings. The van der Waals surface area contributed by atoms with Crippen molar-refractivity contribution in [1.82, 2.24) is 20.2 Å². The number of hydrogen-bond acceptors (Lipinski definition) is 8. The van der Waals surface area contributed by atoms with Gasteiger partial charge in [0.15, 0.2) is 23.0 Å². The van der Waals surface area contributed by atoms with E-state index in [1.807, 2.05) is 12.1 Å². The molecule has 0 saturated carbocycles. The van der Waals surface area contributed by atoms with E-state index in [1.54, 1.807) is 37.4 Å². The van der Waals surface area contributed by atoms with Gasteiger partial charge in [0.05, 0.1) is 14.2 Å². The number of aromatic nitrogens is 2. The number of hydrogen-bond donors (Lipinski definition) is 3. The van der Waals surface area contributed by atoms with Gasteiger partial charge in [-0.2, -0.15) is 0 Å². The van der Waals surface area contributed by atoms with Crippen LogP contribution in [0.2, 0.25) is 0 Å². The number of anilines is 1. The van der Waals surface area contributed by atoms with Gasteiger partial charge in [-0.1, -0.05) is 6.07 Å². The summed E-state index contributed by atoms with van der Waals surface area (Å²) < 4.78 is 10.3. The molecule has 4 rings (SSSR count). The zero-order chi connectivity index (χ0) is 25.5. The second kappa shape index (κ2) is 11.5. The normalized spacial score (nSPS) is 14.2. The molecule has 0 spiro atoms. The molecule has 1 aliphatic heterocycles. The van der Waals surface area contributed by atoms with E-state index in [0.717, 1.165) is 38.0 Å². The van der Waals surface area contributed by atoms with Crippen LogP contribution in [0.3, 0.4) is 0 Å². The summed E-state index contributed by atoms with van der Waals surface area (Å²) in [6.45, 7) is 2.33. The van der Waals surface area contributed by atoms with E-state index >= 15 is 0 Å². The van der Waals surface area contributed by atoms with Crippen LogP contribution in [0.15, 0.2) is 54.9 Å². The summed E-state index contributed by atoms with van der Waals surface area (Å²) in [5.74, 6) is 0.537. The summed E-state index contributed by atoms with van der Waals surface area (Å²) in [6.07, 6.45) is 4.40. The molecular weight excluding hydrogens is 462 g/mol. The number of ether oxygens (including phenoxy) is 2. The SMILES string of the molecule is COc1ccc(C(=O)Nc2nccnc2C(=O)NC2CCN(Cc3ccc(O)c(OC)c3)CC2)cc1. The first-order valence-corrected chi connectivity index (χ1v) is 11.6. The number of rotatable bonds is 8. The fourth-order valence-electron chi connectivity index (χ4n) is 4.09. The highest BCUT2D eigenvalue weighted by Crippen LogP contribution is 2.27. The average Bonchev–Trinajstić information content (AvgIpc) is 2.91. The molecule has 0 bridgehead atoms. The van der Waals surface area contributed by atoms with Gasteiger partial charge in [0.2, 0.25) is 0 Å². The Labute approximate surface area is 209 Å². The molecule has 10 nitrogen and oxygen atoms in total. The van der Waals surface area contributed by atoms with Crippen LogP contribution in [0.1, 0.15) is 39.3 Å². The van der Waals surface area contributed by atoms with Crippen LogP contribution in [-0.4, -0.2) is 65.1 Å². The first-order chi connectivity index (χ1) is 17.5. The number of benzene rings is 2. The van der Waals surface area contributed by atoms with Crippen molar-refractivity contribution in [3.63, 3.8) is 0 Å². The fraction of sp³-hybridized carbons (Fsp3) is 0.308. The van der Waals surface area contributed by atoms with E-state index in [0.29, 0.717) is 17.1 Å². The number of likely N-dealkylation sites (tertiary alicyclic amines) is 1. The van der Waals surface area contributed by atoms with Crippen LogP contribution in [0, 0.1) is 0 Å². The number of amides is 2. The smallest absolute Gasteiger partial charge is 0.273 e. The zero-order valence-electron chi connectivity index (χ0n) is 20.2. The summed E-state index contributed by atoms with van der Waals surface area (Å²) in [5.41, 5.74) is 1.52. The number of carbonyl (C=O) groups excluding carboxylic acids is 2. The van der Waals surface area contributed by atoms with Crippen molar-refractivity contribution in [2.75, 3.05) is 32.6 Å². The molecule has 1 saturated heterocycles. The Morgan fingerprint density at radius 3 is 2.42 bits per heavy atom. The molecule has 0 unspecified atom stereocenters. The standard InChI is InChI=1S/C26H29N5O5/c1-35-20-6-4-18(5-7-20)25(33)30-24-23(27-11-12-28-24)26(34)29-19-9-13-31(14-10-19)16-17-3-8-21(32)22(15-17)36-2/h3-8,11-12,15,19,32H,9-10,13-14,16H2,1-2H3,(H,29,34)(H,28,30,33). The predicted molar refractivity (Wildman–Crippen MR) is 133 cm³/mol. The largest absolute Gasteiger partial charge is 0.504 e. The number of carbonyl (C=O) groups is 2. The molecule has 0 aliphatic carbocycles. The molecule has 0 atom stereocenters. The van der Waals surface area contributed by atoms with Gasteiger partial charge in [0.1, 0.15) is 5.75 Å². The van der Waals surface area contributed by atoms with Crippen LogP contribution in [0.5, 0.6) is 17.2 Å². The summed E-state index contributed by atoms with van der Waals surface area (Å²) in [5, 5.41) is 15.5. The van der Waals surface area contributed by atoms with Gasteiger partial charge in [0.25, 0.3) is 11.8 Å². The fourth-order valence-corrected chi connectivity index (χ4v) is 4.09. The molecule has 10 heteroatoms. The predicted octanol–water partition coefficient (Wildman–Crippen LogP) is 2.85. The van der Waals surface area contributed by atoms with E-state index in [-0.39, 0.29) is 29.2 Å². The van der Waals surface area contributed by atoms with Gasteiger partial charge >= 0.3 is 0 Å². The molecule has 3 N–H and O–H groups in total. The van der Waals surface area contributed by atoms with Crippen molar-refractivity contribution >= 4 is 17.6 Å². The molecule has 2 amide bonds. The molecule has 2 heterocycles. The van der Waals surface area contributed by atoms with Gasteiger partial charge in [-0.25, -0.2) is 9.97 Å². The summed E-state index contributed by atoms with van der Waals surface area (Å²) in [7, 11) is 3.08. The Hall–Kier alpha value is -4.18. The highest BCUT2D eigenvalue weighted by molar-refractivity contribution is 6.07. The molecule has 188 valence electrons. The zero-order valence-corrected chi connectivity index (χ0v) is 20.2. The maximum atomic E-state index is 13.0. The Kier molecular flexibility index (Phi) is 7.96. The summed E-state index contributed by atoms with van der Waals surface area (Å²) in [6, 6.07) is 12.0. The lowest BCUT2D eigenvalue weighted by atomic mass is 10.0. The third kappa shape index (κ3) is 6.08. The first-order valence-electron chi connectivity index (χ1n) is 11.6. The van der Waals surface area contributed by atoms with Crippen molar-refractivity contribution in [3.05, 3.63) is 71.7 Å². The van der Waals surface area contributed by atoms with Crippen molar-refractivity contribution in [1.29, 1.82) is 0 Å². The lowest BCUT2D eigenvalue weighted by Crippen LogP contribution is -2.44. The molecule has 1 aliphatic rings. The van der Waals surface area contributed by atoms with Crippen molar-refractivity contribution in [3.8, 4) is 17.2 Å². The molecular formula is C26H29N5O5. The number of phenols is 1. The van der Waals surface area contributed by atoms with Crippen LogP contribution in [0.25, 0.3) is 0 Å². The minimum atomic E-state index is -0.397. The van der Waals surface area contributed by atoms with E-state index in [2.05, 4.69) is 25.5 Å². The van der Waals surface area contributed by atoms with E-state index in [1.165, 1.54) is 19.5 Å². The number of nitrogens with zero attached hydrogens (tertiary/aromatic N) is 3. The van der Waals surface area contributed by atoms with Gasteiger partial charge in [-0.3, -0.25) is 14.5 Å². The minimum Gasteiger partial charge on any atom is -0.504 e. The van der Waals surface area contributed by atoms with E-state index in [4.69, 9.17) is 9.47 Å². The second-order valence-corrected chi connectivity index (χ2v) is 8.47. The molecule has 1 aromatic heterocycles. The van der Waals surface area contributed by atoms with Crippen LogP contribution in [0.4, 0.5) is 5.82 Å². The van der Waals surface area contributed by atoms with Crippen LogP contribution >= 0.6 is 0 Å². The Morgan fingerprint density at radius 2 is 1.72 bits per heavy atom. The quantitative estimate of drug-likeness (QED) is 0.439. The highest BCUT2D eigenvalue weighted by Gasteiger charge is 2.24. The first kappa shape index (κ1) is 24.9. The molecule has 36 heavy (non-hydrogen) atoms. The van der Waals surface area contributed by atoms with E-state index in [9.17, 15) is 14.7 Å². The minimum absolute atomic E-state index is 0.0183. The van der Waals surface area contributed by atoms with Crippen molar-refractivity contribution in [2.24, 2.45) is 0 Å². The Bertz CT molecular complexity index is 1210. The maximum Gasteiger partial charge on any atom is 0.273 e. The molecule has 2 aromatic carbocycles. The summed E-state index contributed by atoms with van der Waals surface area (Å²) in [4.78, 5) is 36.2. The van der Waals surface area contributed by atoms with Gasteiger partial charge in [0, 0.05) is 43.6 Å². The highest BCUT2D eigenvalue weighted by atomic mass is 16.5. The lowest BCUT2D eigenvalue weighted by Gasteiger charge is -2.32. The van der Waals surface area contributed by atoms with Crippen LogP contribution in [-0.2, 0) is 6.54 Å². The van der Waals surface area contributed by atoms with Crippen molar-refractivity contribution in [2.45, 2.75) is 25.4 Å². The van der Waals surface area contributed by atoms with E-state index < -0.39 is 5.91 Å². The van der Waals surface area contributed by atoms with Gasteiger partial charge < -0.3 is 25.2 Å².